The summed E-state index contributed by atoms with van der Waals surface area (Å²) in [6.45, 7) is 5.05. The molecule has 1 aromatic rings. The van der Waals surface area contributed by atoms with E-state index in [2.05, 4.69) is 27.8 Å². The van der Waals surface area contributed by atoms with Crippen LogP contribution in [0.3, 0.4) is 0 Å². The molecule has 0 fully saturated rings. The lowest BCUT2D eigenvalue weighted by Gasteiger charge is -2.08. The summed E-state index contributed by atoms with van der Waals surface area (Å²) in [7, 11) is 0. The second-order valence-corrected chi connectivity index (χ2v) is 5.16. The Labute approximate surface area is 113 Å². The first-order valence-electron chi connectivity index (χ1n) is 6.49. The van der Waals surface area contributed by atoms with E-state index in [9.17, 15) is 0 Å². The van der Waals surface area contributed by atoms with Crippen molar-refractivity contribution in [3.63, 3.8) is 0 Å². The minimum atomic E-state index is 0.721. The van der Waals surface area contributed by atoms with E-state index in [4.69, 9.17) is 4.74 Å². The van der Waals surface area contributed by atoms with E-state index >= 15 is 0 Å². The average molecular weight is 300 g/mol. The molecule has 0 aliphatic rings. The van der Waals surface area contributed by atoms with Gasteiger partial charge in [0.2, 0.25) is 5.88 Å². The molecule has 0 aliphatic heterocycles. The van der Waals surface area contributed by atoms with Crippen molar-refractivity contribution in [2.24, 2.45) is 0 Å². The van der Waals surface area contributed by atoms with Gasteiger partial charge in [-0.1, -0.05) is 39.0 Å². The van der Waals surface area contributed by atoms with Crippen molar-refractivity contribution in [2.75, 3.05) is 6.61 Å². The van der Waals surface area contributed by atoms with Crippen LogP contribution in [0.5, 0.6) is 5.88 Å². The number of rotatable bonds is 8. The highest BCUT2D eigenvalue weighted by atomic mass is 79.9. The summed E-state index contributed by atoms with van der Waals surface area (Å²) in [5, 5.41) is 0. The number of hydrogen-bond donors (Lipinski definition) is 0. The SMILES string of the molecule is CCCCCCCCOc1nccc(C)c1Br. The Hall–Kier alpha value is -0.570. The van der Waals surface area contributed by atoms with Crippen LogP contribution in [-0.4, -0.2) is 11.6 Å². The number of aromatic nitrogens is 1. The summed E-state index contributed by atoms with van der Waals surface area (Å²) >= 11 is 3.50. The van der Waals surface area contributed by atoms with E-state index in [1.54, 1.807) is 6.20 Å². The van der Waals surface area contributed by atoms with Crippen molar-refractivity contribution in [1.29, 1.82) is 0 Å². The molecule has 96 valence electrons. The Morgan fingerprint density at radius 2 is 1.88 bits per heavy atom. The molecule has 1 aromatic heterocycles. The Morgan fingerprint density at radius 1 is 1.18 bits per heavy atom. The van der Waals surface area contributed by atoms with Crippen molar-refractivity contribution < 1.29 is 4.74 Å². The molecule has 0 radical (unpaired) electrons. The van der Waals surface area contributed by atoms with Gasteiger partial charge in [-0.2, -0.15) is 0 Å². The predicted molar refractivity (Wildman–Crippen MR) is 75.5 cm³/mol. The summed E-state index contributed by atoms with van der Waals surface area (Å²) in [5.74, 6) is 0.721. The zero-order valence-electron chi connectivity index (χ0n) is 10.8. The summed E-state index contributed by atoms with van der Waals surface area (Å²) in [4.78, 5) is 4.22. The maximum Gasteiger partial charge on any atom is 0.228 e. The molecular formula is C14H22BrNO. The van der Waals surface area contributed by atoms with Crippen LogP contribution in [-0.2, 0) is 0 Å². The van der Waals surface area contributed by atoms with Gasteiger partial charge in [0, 0.05) is 6.20 Å². The topological polar surface area (TPSA) is 22.1 Å². The van der Waals surface area contributed by atoms with E-state index in [1.165, 1.54) is 32.1 Å². The van der Waals surface area contributed by atoms with Gasteiger partial charge in [-0.25, -0.2) is 4.98 Å². The number of unbranched alkanes of at least 4 members (excludes halogenated alkanes) is 5. The van der Waals surface area contributed by atoms with Gasteiger partial charge in [0.05, 0.1) is 11.1 Å². The zero-order chi connectivity index (χ0) is 12.5. The smallest absolute Gasteiger partial charge is 0.228 e. The van der Waals surface area contributed by atoms with E-state index in [-0.39, 0.29) is 0 Å². The predicted octanol–water partition coefficient (Wildman–Crippen LogP) is 4.89. The third-order valence-electron chi connectivity index (χ3n) is 2.79. The lowest BCUT2D eigenvalue weighted by Crippen LogP contribution is -2.00. The summed E-state index contributed by atoms with van der Waals surface area (Å²) in [6.07, 6.45) is 9.48. The van der Waals surface area contributed by atoms with Gasteiger partial charge in [0.15, 0.2) is 0 Å². The van der Waals surface area contributed by atoms with E-state index in [1.807, 2.05) is 13.0 Å². The van der Waals surface area contributed by atoms with Crippen molar-refractivity contribution in [3.8, 4) is 5.88 Å². The molecule has 0 saturated heterocycles. The number of ether oxygens (including phenoxy) is 1. The van der Waals surface area contributed by atoms with Gasteiger partial charge in [0.25, 0.3) is 0 Å². The third-order valence-corrected chi connectivity index (χ3v) is 3.75. The molecule has 0 spiro atoms. The fraction of sp³-hybridized carbons (Fsp3) is 0.643. The summed E-state index contributed by atoms with van der Waals surface area (Å²) in [6, 6.07) is 1.97. The van der Waals surface area contributed by atoms with Crippen LogP contribution in [0.15, 0.2) is 16.7 Å². The van der Waals surface area contributed by atoms with Crippen LogP contribution in [0, 0.1) is 6.92 Å². The quantitative estimate of drug-likeness (QED) is 0.638. The molecule has 17 heavy (non-hydrogen) atoms. The molecule has 0 unspecified atom stereocenters. The molecule has 0 aromatic carbocycles. The molecule has 1 rings (SSSR count). The van der Waals surface area contributed by atoms with Crippen LogP contribution in [0.25, 0.3) is 0 Å². The number of hydrogen-bond acceptors (Lipinski definition) is 2. The molecule has 0 aliphatic carbocycles. The minimum Gasteiger partial charge on any atom is -0.477 e. The Balaban J connectivity index is 2.16. The normalized spacial score (nSPS) is 10.5. The van der Waals surface area contributed by atoms with Crippen molar-refractivity contribution in [2.45, 2.75) is 52.4 Å². The molecule has 0 bridgehead atoms. The highest BCUT2D eigenvalue weighted by Crippen LogP contribution is 2.25. The second kappa shape index (κ2) is 8.51. The van der Waals surface area contributed by atoms with Crippen molar-refractivity contribution >= 4 is 15.9 Å². The van der Waals surface area contributed by atoms with E-state index in [0.717, 1.165) is 28.9 Å². The van der Waals surface area contributed by atoms with Gasteiger partial charge in [0.1, 0.15) is 0 Å². The molecule has 3 heteroatoms. The Bertz CT molecular complexity index is 328. The lowest BCUT2D eigenvalue weighted by atomic mass is 10.1. The van der Waals surface area contributed by atoms with E-state index < -0.39 is 0 Å². The molecular weight excluding hydrogens is 278 g/mol. The zero-order valence-corrected chi connectivity index (χ0v) is 12.4. The Kier molecular flexibility index (Phi) is 7.25. The molecule has 0 atom stereocenters. The van der Waals surface area contributed by atoms with Crippen LogP contribution in [0.2, 0.25) is 0 Å². The molecule has 2 nitrogen and oxygen atoms in total. The molecule has 0 amide bonds. The van der Waals surface area contributed by atoms with Crippen LogP contribution < -0.4 is 4.74 Å². The van der Waals surface area contributed by atoms with Gasteiger partial charge in [-0.15, -0.1) is 0 Å². The minimum absolute atomic E-state index is 0.721. The second-order valence-electron chi connectivity index (χ2n) is 4.36. The fourth-order valence-corrected chi connectivity index (χ4v) is 2.02. The highest BCUT2D eigenvalue weighted by Gasteiger charge is 2.04. The van der Waals surface area contributed by atoms with Crippen LogP contribution >= 0.6 is 15.9 Å². The summed E-state index contributed by atoms with van der Waals surface area (Å²) in [5.41, 5.74) is 1.16. The average Bonchev–Trinajstić information content (AvgIpc) is 2.33. The van der Waals surface area contributed by atoms with Gasteiger partial charge >= 0.3 is 0 Å². The van der Waals surface area contributed by atoms with Gasteiger partial charge in [-0.05, 0) is 40.9 Å². The molecule has 1 heterocycles. The van der Waals surface area contributed by atoms with E-state index in [0.29, 0.717) is 0 Å². The molecule has 0 N–H and O–H groups in total. The largest absolute Gasteiger partial charge is 0.477 e. The summed E-state index contributed by atoms with van der Waals surface area (Å²) < 4.78 is 6.64. The maximum absolute atomic E-state index is 5.67. The van der Waals surface area contributed by atoms with Crippen molar-refractivity contribution in [3.05, 3.63) is 22.3 Å². The first-order chi connectivity index (χ1) is 8.25. The number of halogens is 1. The van der Waals surface area contributed by atoms with Crippen molar-refractivity contribution in [1.82, 2.24) is 4.98 Å². The first kappa shape index (κ1) is 14.5. The number of pyridine rings is 1. The van der Waals surface area contributed by atoms with Crippen LogP contribution in [0.4, 0.5) is 0 Å². The lowest BCUT2D eigenvalue weighted by molar-refractivity contribution is 0.291. The third kappa shape index (κ3) is 5.53. The number of aryl methyl sites for hydroxylation is 1. The van der Waals surface area contributed by atoms with Gasteiger partial charge < -0.3 is 4.74 Å². The van der Waals surface area contributed by atoms with Crippen LogP contribution in [0.1, 0.15) is 51.0 Å². The number of nitrogens with zero attached hydrogens (tertiary/aromatic N) is 1. The first-order valence-corrected chi connectivity index (χ1v) is 7.29. The molecule has 0 saturated carbocycles. The highest BCUT2D eigenvalue weighted by molar-refractivity contribution is 9.10. The standard InChI is InChI=1S/C14H22BrNO/c1-3-4-5-6-7-8-11-17-14-13(15)12(2)9-10-16-14/h9-10H,3-8,11H2,1-2H3. The monoisotopic (exact) mass is 299 g/mol. The fourth-order valence-electron chi connectivity index (χ4n) is 1.67. The van der Waals surface area contributed by atoms with Gasteiger partial charge in [-0.3, -0.25) is 0 Å². The Morgan fingerprint density at radius 3 is 2.65 bits per heavy atom. The maximum atomic E-state index is 5.67.